The monoisotopic (exact) mass is 561 g/mol. The predicted octanol–water partition coefficient (Wildman–Crippen LogP) is 7.03. The summed E-state index contributed by atoms with van der Waals surface area (Å²) in [5.41, 5.74) is 5.50. The first kappa shape index (κ1) is 23.5. The average Bonchev–Trinajstić information content (AvgIpc) is 3.30. The second kappa shape index (κ2) is 11.0. The molecule has 0 spiro atoms. The highest BCUT2D eigenvalue weighted by molar-refractivity contribution is 9.10. The number of benzene rings is 4. The van der Waals surface area contributed by atoms with Gasteiger partial charge in [-0.1, -0.05) is 66.4 Å². The van der Waals surface area contributed by atoms with Crippen molar-refractivity contribution in [3.8, 4) is 5.75 Å². The van der Waals surface area contributed by atoms with Gasteiger partial charge in [0.1, 0.15) is 12.4 Å². The van der Waals surface area contributed by atoms with E-state index in [9.17, 15) is 4.79 Å². The molecule has 1 N–H and O–H groups in total. The molecule has 0 aliphatic carbocycles. The van der Waals surface area contributed by atoms with Crippen molar-refractivity contribution >= 4 is 72.1 Å². The van der Waals surface area contributed by atoms with Crippen molar-refractivity contribution in [2.45, 2.75) is 10.9 Å². The van der Waals surface area contributed by atoms with Crippen LogP contribution in [-0.2, 0) is 11.4 Å². The number of aromatic nitrogens is 1. The Hall–Kier alpha value is -3.20. The number of carbonyl (C=O) groups excluding carboxylic acids is 1. The Balaban J connectivity index is 1.14. The smallest absolute Gasteiger partial charge is 0.250 e. The van der Waals surface area contributed by atoms with E-state index < -0.39 is 0 Å². The number of fused-ring (bicyclic) bond motifs is 2. The quantitative estimate of drug-likeness (QED) is 0.125. The van der Waals surface area contributed by atoms with Crippen LogP contribution in [0.15, 0.2) is 98.8 Å². The first-order valence-corrected chi connectivity index (χ1v) is 13.4. The highest BCUT2D eigenvalue weighted by Crippen LogP contribution is 2.29. The fourth-order valence-corrected chi connectivity index (χ4v) is 5.91. The van der Waals surface area contributed by atoms with Gasteiger partial charge in [0.25, 0.3) is 5.91 Å². The molecule has 0 radical (unpaired) electrons. The van der Waals surface area contributed by atoms with Crippen molar-refractivity contribution in [1.82, 2.24) is 10.4 Å². The van der Waals surface area contributed by atoms with Crippen molar-refractivity contribution in [2.75, 3.05) is 5.75 Å². The van der Waals surface area contributed by atoms with Gasteiger partial charge in [-0.05, 0) is 68.2 Å². The number of nitrogens with one attached hydrogen (secondary N) is 1. The molecule has 1 aromatic heterocycles. The van der Waals surface area contributed by atoms with Gasteiger partial charge in [0.2, 0.25) is 0 Å². The lowest BCUT2D eigenvalue weighted by Crippen LogP contribution is -2.19. The van der Waals surface area contributed by atoms with Gasteiger partial charge in [0.15, 0.2) is 4.34 Å². The number of ether oxygens (including phenoxy) is 1. The number of halogens is 1. The van der Waals surface area contributed by atoms with Gasteiger partial charge in [-0.3, -0.25) is 4.79 Å². The Labute approximate surface area is 219 Å². The van der Waals surface area contributed by atoms with E-state index >= 15 is 0 Å². The summed E-state index contributed by atoms with van der Waals surface area (Å²) >= 11 is 6.56. The van der Waals surface area contributed by atoms with Crippen LogP contribution >= 0.6 is 39.0 Å². The molecule has 0 aliphatic heterocycles. The summed E-state index contributed by atoms with van der Waals surface area (Å²) in [7, 11) is 0. The zero-order valence-corrected chi connectivity index (χ0v) is 21.7. The van der Waals surface area contributed by atoms with Crippen molar-refractivity contribution in [3.63, 3.8) is 0 Å². The van der Waals surface area contributed by atoms with Crippen LogP contribution in [-0.4, -0.2) is 22.9 Å². The largest absolute Gasteiger partial charge is 0.488 e. The van der Waals surface area contributed by atoms with Crippen molar-refractivity contribution < 1.29 is 9.53 Å². The fourth-order valence-electron chi connectivity index (χ4n) is 3.54. The maximum atomic E-state index is 12.2. The second-order valence-electron chi connectivity index (χ2n) is 7.65. The van der Waals surface area contributed by atoms with E-state index in [4.69, 9.17) is 4.74 Å². The van der Waals surface area contributed by atoms with Gasteiger partial charge < -0.3 is 4.74 Å². The van der Waals surface area contributed by atoms with E-state index in [0.717, 1.165) is 35.9 Å². The van der Waals surface area contributed by atoms with Gasteiger partial charge in [-0.25, -0.2) is 10.4 Å². The third kappa shape index (κ3) is 5.90. The van der Waals surface area contributed by atoms with Crippen molar-refractivity contribution in [3.05, 3.63) is 101 Å². The van der Waals surface area contributed by atoms with E-state index in [-0.39, 0.29) is 11.7 Å². The van der Waals surface area contributed by atoms with Crippen LogP contribution in [0.3, 0.4) is 0 Å². The number of hydrazone groups is 1. The maximum Gasteiger partial charge on any atom is 0.250 e. The number of nitrogens with zero attached hydrogens (tertiary/aromatic N) is 2. The average molecular weight is 563 g/mol. The van der Waals surface area contributed by atoms with Crippen LogP contribution in [0.1, 0.15) is 11.1 Å². The molecule has 174 valence electrons. The molecule has 5 rings (SSSR count). The third-order valence-corrected chi connectivity index (χ3v) is 8.02. The number of para-hydroxylation sites is 1. The Bertz CT molecular complexity index is 1500. The van der Waals surface area contributed by atoms with Crippen molar-refractivity contribution in [1.29, 1.82) is 0 Å². The normalized spacial score (nSPS) is 11.3. The lowest BCUT2D eigenvalue weighted by molar-refractivity contribution is -0.118. The lowest BCUT2D eigenvalue weighted by Gasteiger charge is -2.11. The topological polar surface area (TPSA) is 63.6 Å². The van der Waals surface area contributed by atoms with Crippen LogP contribution in [0.4, 0.5) is 0 Å². The van der Waals surface area contributed by atoms with Crippen LogP contribution in [0, 0.1) is 0 Å². The number of amides is 1. The molecule has 5 nitrogen and oxygen atoms in total. The van der Waals surface area contributed by atoms with E-state index in [2.05, 4.69) is 55.7 Å². The maximum absolute atomic E-state index is 12.2. The van der Waals surface area contributed by atoms with Crippen LogP contribution in [0.5, 0.6) is 5.75 Å². The highest BCUT2D eigenvalue weighted by atomic mass is 79.9. The molecule has 0 bridgehead atoms. The van der Waals surface area contributed by atoms with Gasteiger partial charge in [-0.2, -0.15) is 5.10 Å². The summed E-state index contributed by atoms with van der Waals surface area (Å²) in [6, 6.07) is 28.1. The number of rotatable bonds is 8. The minimum Gasteiger partial charge on any atom is -0.488 e. The lowest BCUT2D eigenvalue weighted by atomic mass is 10.1. The molecule has 0 unspecified atom stereocenters. The molecule has 0 saturated heterocycles. The zero-order valence-electron chi connectivity index (χ0n) is 18.5. The Morgan fingerprint density at radius 3 is 2.77 bits per heavy atom. The van der Waals surface area contributed by atoms with Crippen molar-refractivity contribution in [2.24, 2.45) is 5.10 Å². The number of hydrogen-bond donors (Lipinski definition) is 1. The first-order valence-electron chi connectivity index (χ1n) is 10.8. The molecule has 0 aliphatic rings. The SMILES string of the molecule is O=C(CSc1nc2ccccc2s1)N/N=C\c1ccc(OCc2cccc3ccccc23)c(Br)c1. The number of thioether (sulfide) groups is 1. The Kier molecular flexibility index (Phi) is 7.42. The molecular formula is C27H20BrN3O2S2. The van der Waals surface area contributed by atoms with Gasteiger partial charge in [0, 0.05) is 0 Å². The Morgan fingerprint density at radius 1 is 1.06 bits per heavy atom. The summed E-state index contributed by atoms with van der Waals surface area (Å²) in [4.78, 5) is 16.7. The number of thiazole rings is 1. The van der Waals surface area contributed by atoms with E-state index in [1.165, 1.54) is 22.5 Å². The molecule has 1 heterocycles. The first-order chi connectivity index (χ1) is 17.2. The standard InChI is InChI=1S/C27H20BrN3O2S2/c28-22-14-18(12-13-24(22)33-16-20-8-5-7-19-6-1-2-9-21(19)20)15-29-31-26(32)17-34-27-30-23-10-3-4-11-25(23)35-27/h1-15H,16-17H2,(H,31,32)/b29-15-. The summed E-state index contributed by atoms with van der Waals surface area (Å²) < 4.78 is 8.86. The molecule has 0 saturated carbocycles. The number of carbonyl (C=O) groups is 1. The minimum atomic E-state index is -0.181. The van der Waals surface area contributed by atoms with E-state index in [1.807, 2.05) is 60.7 Å². The van der Waals surface area contributed by atoms with Gasteiger partial charge >= 0.3 is 0 Å². The fraction of sp³-hybridized carbons (Fsp3) is 0.0741. The predicted molar refractivity (Wildman–Crippen MR) is 149 cm³/mol. The van der Waals surface area contributed by atoms with Crippen LogP contribution in [0.25, 0.3) is 21.0 Å². The Morgan fingerprint density at radius 2 is 1.89 bits per heavy atom. The van der Waals surface area contributed by atoms with E-state index in [1.54, 1.807) is 17.6 Å². The molecule has 1 amide bonds. The van der Waals surface area contributed by atoms with Gasteiger partial charge in [-0.15, -0.1) is 11.3 Å². The minimum absolute atomic E-state index is 0.181. The molecule has 5 aromatic rings. The molecule has 0 fully saturated rings. The summed E-state index contributed by atoms with van der Waals surface area (Å²) in [6.45, 7) is 0.468. The van der Waals surface area contributed by atoms with Crippen LogP contribution < -0.4 is 10.2 Å². The zero-order chi connectivity index (χ0) is 24.0. The molecular weight excluding hydrogens is 542 g/mol. The van der Waals surface area contributed by atoms with Crippen LogP contribution in [0.2, 0.25) is 0 Å². The molecule has 8 heteroatoms. The molecule has 0 atom stereocenters. The number of hydrogen-bond acceptors (Lipinski definition) is 6. The second-order valence-corrected chi connectivity index (χ2v) is 10.8. The molecule has 35 heavy (non-hydrogen) atoms. The summed E-state index contributed by atoms with van der Waals surface area (Å²) in [6.07, 6.45) is 1.61. The van der Waals surface area contributed by atoms with Gasteiger partial charge in [0.05, 0.1) is 26.7 Å². The summed E-state index contributed by atoms with van der Waals surface area (Å²) in [5.74, 6) is 0.813. The van der Waals surface area contributed by atoms with E-state index in [0.29, 0.717) is 6.61 Å². The highest BCUT2D eigenvalue weighted by Gasteiger charge is 2.08. The molecule has 4 aromatic carbocycles. The summed E-state index contributed by atoms with van der Waals surface area (Å²) in [5, 5.41) is 6.46. The third-order valence-electron chi connectivity index (χ3n) is 5.22.